The van der Waals surface area contributed by atoms with Crippen LogP contribution in [-0.4, -0.2) is 70.0 Å². The van der Waals surface area contributed by atoms with Crippen molar-refractivity contribution in [3.05, 3.63) is 28.3 Å². The highest BCUT2D eigenvalue weighted by Gasteiger charge is 2.53. The lowest BCUT2D eigenvalue weighted by atomic mass is 9.85. The zero-order valence-corrected chi connectivity index (χ0v) is 20.5. The molecule has 33 heavy (non-hydrogen) atoms. The first kappa shape index (κ1) is 22.8. The highest BCUT2D eigenvalue weighted by molar-refractivity contribution is 8.27. The molecule has 1 unspecified atom stereocenters. The Kier molecular flexibility index (Phi) is 5.35. The molecule has 3 amide bonds. The molecule has 10 nitrogen and oxygen atoms in total. The van der Waals surface area contributed by atoms with Crippen molar-refractivity contribution in [3.8, 4) is 0 Å². The number of imide groups is 1. The van der Waals surface area contributed by atoms with Crippen LogP contribution in [0.3, 0.4) is 0 Å². The first-order valence-corrected chi connectivity index (χ1v) is 13.3. The predicted octanol–water partition coefficient (Wildman–Crippen LogP) is 1.40. The number of nitrogens with one attached hydrogen (secondary N) is 1. The molecule has 178 valence electrons. The van der Waals surface area contributed by atoms with E-state index < -0.39 is 33.4 Å². The maximum absolute atomic E-state index is 13.5. The summed E-state index contributed by atoms with van der Waals surface area (Å²) < 4.78 is 37.4. The molecule has 2 fully saturated rings. The number of hydrogen-bond donors (Lipinski definition) is 1. The third-order valence-electron chi connectivity index (χ3n) is 6.62. The quantitative estimate of drug-likeness (QED) is 0.544. The Hall–Kier alpha value is -2.02. The lowest BCUT2D eigenvalue weighted by Gasteiger charge is -2.38. The van der Waals surface area contributed by atoms with Crippen LogP contribution in [0.1, 0.15) is 38.7 Å². The van der Waals surface area contributed by atoms with Gasteiger partial charge in [-0.05, 0) is 44.0 Å². The van der Waals surface area contributed by atoms with Crippen molar-refractivity contribution in [1.82, 2.24) is 19.4 Å². The SMILES string of the molecule is Cn1cc(CN2C(=O)C3C=C(S(=O)(=O)NC4(C)CC4)SC3=[N+](CCC3(C)COC3)C2=O)cn1. The molecule has 1 saturated carbocycles. The lowest BCUT2D eigenvalue weighted by molar-refractivity contribution is -0.443. The van der Waals surface area contributed by atoms with E-state index >= 15 is 0 Å². The number of ether oxygens (including phenoxy) is 1. The van der Waals surface area contributed by atoms with Gasteiger partial charge in [0.1, 0.15) is 16.7 Å². The molecule has 3 aliphatic heterocycles. The number of sulfonamides is 1. The molecule has 5 rings (SSSR count). The van der Waals surface area contributed by atoms with E-state index in [9.17, 15) is 18.0 Å². The van der Waals surface area contributed by atoms with Crippen LogP contribution in [0.5, 0.6) is 0 Å². The van der Waals surface area contributed by atoms with Crippen LogP contribution >= 0.6 is 11.8 Å². The van der Waals surface area contributed by atoms with Gasteiger partial charge in [-0.25, -0.2) is 17.9 Å². The largest absolute Gasteiger partial charge is 0.501 e. The topological polar surface area (TPSA) is 114 Å². The second-order valence-electron chi connectivity index (χ2n) is 10.0. The summed E-state index contributed by atoms with van der Waals surface area (Å²) in [5.41, 5.74) is 0.274. The maximum atomic E-state index is 13.5. The van der Waals surface area contributed by atoms with Crippen molar-refractivity contribution in [2.75, 3.05) is 19.8 Å². The van der Waals surface area contributed by atoms with Crippen LogP contribution < -0.4 is 4.72 Å². The Morgan fingerprint density at radius 1 is 1.30 bits per heavy atom. The fraction of sp³-hybridized carbons (Fsp3) is 0.619. The summed E-state index contributed by atoms with van der Waals surface area (Å²) in [4.78, 5) is 28.0. The first-order chi connectivity index (χ1) is 15.5. The van der Waals surface area contributed by atoms with Gasteiger partial charge in [-0.2, -0.15) is 19.4 Å². The molecule has 0 aromatic carbocycles. The minimum atomic E-state index is -3.78. The number of thioether (sulfide) groups is 1. The van der Waals surface area contributed by atoms with E-state index in [1.165, 1.54) is 11.0 Å². The Balaban J connectivity index is 1.47. The van der Waals surface area contributed by atoms with Gasteiger partial charge in [0, 0.05) is 29.8 Å². The summed E-state index contributed by atoms with van der Waals surface area (Å²) in [7, 11) is -2.01. The number of nitrogens with zero attached hydrogens (tertiary/aromatic N) is 4. The smallest absolute Gasteiger partial charge is 0.380 e. The van der Waals surface area contributed by atoms with E-state index in [4.69, 9.17) is 4.74 Å². The number of aryl methyl sites for hydroxylation is 1. The summed E-state index contributed by atoms with van der Waals surface area (Å²) in [6, 6.07) is -0.430. The van der Waals surface area contributed by atoms with E-state index in [1.807, 2.05) is 6.92 Å². The van der Waals surface area contributed by atoms with Gasteiger partial charge in [0.25, 0.3) is 0 Å². The number of carbonyl (C=O) groups is 2. The molecular weight excluding hydrogens is 466 g/mol. The van der Waals surface area contributed by atoms with Crippen LogP contribution in [0, 0.1) is 11.3 Å². The number of urea groups is 1. The molecule has 1 saturated heterocycles. The average molecular weight is 495 g/mol. The van der Waals surface area contributed by atoms with Crippen molar-refractivity contribution in [3.63, 3.8) is 0 Å². The lowest BCUT2D eigenvalue weighted by Crippen LogP contribution is -2.53. The Morgan fingerprint density at radius 3 is 2.61 bits per heavy atom. The highest BCUT2D eigenvalue weighted by Crippen LogP contribution is 2.42. The van der Waals surface area contributed by atoms with Gasteiger partial charge in [0.15, 0.2) is 5.04 Å². The molecule has 0 spiro atoms. The molecule has 1 aromatic heterocycles. The number of hydrogen-bond acceptors (Lipinski definition) is 7. The molecular formula is C21H28N5O5S2+. The standard InChI is InChI=1S/C21H28N5O5S2/c1-20(12-31-13-20)6-7-25-18-15(8-16(32-18)33(29,30)23-21(2)4-5-21)17(27)26(19(25)28)11-14-9-22-24(3)10-14/h8-10,15,23H,4-7,11-13H2,1-3H3/q+1. The number of aromatic nitrogens is 2. The second kappa shape index (κ2) is 7.76. The fourth-order valence-corrected chi connectivity index (χ4v) is 7.26. The highest BCUT2D eigenvalue weighted by atomic mass is 32.3. The van der Waals surface area contributed by atoms with Crippen molar-refractivity contribution in [1.29, 1.82) is 0 Å². The van der Waals surface area contributed by atoms with Crippen LogP contribution in [0.4, 0.5) is 4.79 Å². The fourth-order valence-electron chi connectivity index (χ4n) is 4.18. The number of rotatable bonds is 8. The van der Waals surface area contributed by atoms with Crippen molar-refractivity contribution < 1.29 is 27.3 Å². The molecule has 0 radical (unpaired) electrons. The normalized spacial score (nSPS) is 25.7. The second-order valence-corrected chi connectivity index (χ2v) is 13.0. The van der Waals surface area contributed by atoms with E-state index in [0.29, 0.717) is 31.2 Å². The molecule has 12 heteroatoms. The van der Waals surface area contributed by atoms with Gasteiger partial charge < -0.3 is 4.74 Å². The summed E-state index contributed by atoms with van der Waals surface area (Å²) in [5.74, 6) is -1.21. The molecule has 1 aromatic rings. The van der Waals surface area contributed by atoms with Gasteiger partial charge in [0.2, 0.25) is 10.0 Å². The van der Waals surface area contributed by atoms with E-state index in [2.05, 4.69) is 16.7 Å². The van der Waals surface area contributed by atoms with E-state index in [-0.39, 0.29) is 16.2 Å². The summed E-state index contributed by atoms with van der Waals surface area (Å²) in [6.07, 6.45) is 7.13. The number of fused-ring (bicyclic) bond motifs is 1. The minimum Gasteiger partial charge on any atom is -0.380 e. The van der Waals surface area contributed by atoms with Gasteiger partial charge in [-0.1, -0.05) is 6.92 Å². The molecule has 1 aliphatic carbocycles. The van der Waals surface area contributed by atoms with Crippen LogP contribution in [0.2, 0.25) is 0 Å². The first-order valence-electron chi connectivity index (χ1n) is 11.0. The molecule has 0 bridgehead atoms. The van der Waals surface area contributed by atoms with Crippen molar-refractivity contribution in [2.24, 2.45) is 18.4 Å². The minimum absolute atomic E-state index is 0.0281. The number of carbonyl (C=O) groups excluding carboxylic acids is 2. The maximum Gasteiger partial charge on any atom is 0.501 e. The van der Waals surface area contributed by atoms with E-state index in [1.54, 1.807) is 28.7 Å². The van der Waals surface area contributed by atoms with Crippen LogP contribution in [0.15, 0.2) is 22.7 Å². The van der Waals surface area contributed by atoms with Crippen LogP contribution in [-0.2, 0) is 33.1 Å². The van der Waals surface area contributed by atoms with Crippen LogP contribution in [0.25, 0.3) is 0 Å². The monoisotopic (exact) mass is 494 g/mol. The van der Waals surface area contributed by atoms with Gasteiger partial charge >= 0.3 is 11.9 Å². The molecule has 4 heterocycles. The summed E-state index contributed by atoms with van der Waals surface area (Å²) >= 11 is 1.01. The molecule has 4 aliphatic rings. The Labute approximate surface area is 197 Å². The third-order valence-corrected chi connectivity index (χ3v) is 9.97. The average Bonchev–Trinajstić information content (AvgIpc) is 3.11. The van der Waals surface area contributed by atoms with Crippen molar-refractivity contribution >= 4 is 38.8 Å². The Bertz CT molecular complexity index is 1190. The zero-order valence-electron chi connectivity index (χ0n) is 18.9. The summed E-state index contributed by atoms with van der Waals surface area (Å²) in [6.45, 7) is 5.69. The van der Waals surface area contributed by atoms with Gasteiger partial charge in [-0.15, -0.1) is 0 Å². The van der Waals surface area contributed by atoms with E-state index in [0.717, 1.165) is 30.2 Å². The molecule has 1 atom stereocenters. The van der Waals surface area contributed by atoms with Crippen molar-refractivity contribution in [2.45, 2.75) is 45.2 Å². The van der Waals surface area contributed by atoms with Gasteiger partial charge in [0.05, 0.1) is 26.0 Å². The number of amides is 3. The third kappa shape index (κ3) is 4.29. The van der Waals surface area contributed by atoms with Gasteiger partial charge in [-0.3, -0.25) is 4.68 Å². The molecule has 1 N–H and O–H groups in total. The summed E-state index contributed by atoms with van der Waals surface area (Å²) in [5, 5.41) is 4.59. The predicted molar refractivity (Wildman–Crippen MR) is 122 cm³/mol. The Morgan fingerprint density at radius 2 is 2.03 bits per heavy atom. The zero-order chi connectivity index (χ0) is 23.6.